The highest BCUT2D eigenvalue weighted by molar-refractivity contribution is 7.99. The molecule has 0 atom stereocenters. The van der Waals surface area contributed by atoms with Crippen LogP contribution >= 0.6 is 11.8 Å². The number of rotatable bonds is 5. The molecule has 4 aromatic carbocycles. The molecule has 0 aromatic heterocycles. The van der Waals surface area contributed by atoms with E-state index >= 15 is 0 Å². The van der Waals surface area contributed by atoms with E-state index in [9.17, 15) is 14.4 Å². The van der Waals surface area contributed by atoms with Gasteiger partial charge in [0.2, 0.25) is 0 Å². The summed E-state index contributed by atoms with van der Waals surface area (Å²) in [6, 6.07) is 25.0. The number of benzene rings is 4. The summed E-state index contributed by atoms with van der Waals surface area (Å²) in [7, 11) is 0. The maximum absolute atomic E-state index is 13.2. The largest absolute Gasteiger partial charge is 0.398 e. The van der Waals surface area contributed by atoms with Gasteiger partial charge in [-0.2, -0.15) is 0 Å². The minimum atomic E-state index is -0.312. The van der Waals surface area contributed by atoms with Crippen molar-refractivity contribution in [1.29, 1.82) is 0 Å². The number of anilines is 2. The number of hydrogen-bond donors (Lipinski definition) is 2. The molecule has 0 saturated heterocycles. The lowest BCUT2D eigenvalue weighted by Crippen LogP contribution is -2.24. The predicted molar refractivity (Wildman–Crippen MR) is 139 cm³/mol. The van der Waals surface area contributed by atoms with Gasteiger partial charge in [0.15, 0.2) is 17.3 Å². The zero-order valence-corrected chi connectivity index (χ0v) is 19.3. The van der Waals surface area contributed by atoms with E-state index in [2.05, 4.69) is 0 Å². The van der Waals surface area contributed by atoms with E-state index in [1.54, 1.807) is 54.6 Å². The molecule has 0 unspecified atom stereocenters. The maximum atomic E-state index is 13.2. The number of fused-ring (bicyclic) bond motifs is 2. The number of carbonyl (C=O) groups is 3. The van der Waals surface area contributed by atoms with Crippen molar-refractivity contribution in [2.24, 2.45) is 0 Å². The highest BCUT2D eigenvalue weighted by atomic mass is 32.2. The summed E-state index contributed by atoms with van der Waals surface area (Å²) in [4.78, 5) is 40.1. The van der Waals surface area contributed by atoms with Gasteiger partial charge in [-0.15, -0.1) is 0 Å². The van der Waals surface area contributed by atoms with Crippen LogP contribution in [0.1, 0.15) is 47.8 Å². The number of nitrogens with two attached hydrogens (primary N) is 2. The molecule has 0 amide bonds. The van der Waals surface area contributed by atoms with Crippen LogP contribution in [0.3, 0.4) is 0 Å². The number of allylic oxidation sites excluding steroid dienone is 1. The van der Waals surface area contributed by atoms with E-state index < -0.39 is 0 Å². The van der Waals surface area contributed by atoms with E-state index in [-0.39, 0.29) is 39.9 Å². The molecule has 0 radical (unpaired) electrons. The van der Waals surface area contributed by atoms with Crippen LogP contribution in [0, 0.1) is 0 Å². The lowest BCUT2D eigenvalue weighted by atomic mass is 9.82. The SMILES string of the molecule is Nc1cc(Sc2ccc(C(=O)C=Cc3ccccc3)cc2)c(N)c2c1C(=O)c1ccccc1C2=O. The van der Waals surface area contributed by atoms with Gasteiger partial charge >= 0.3 is 0 Å². The lowest BCUT2D eigenvalue weighted by Gasteiger charge is -2.22. The van der Waals surface area contributed by atoms with Crippen LogP contribution in [0.15, 0.2) is 101 Å². The Morgan fingerprint density at radius 2 is 1.34 bits per heavy atom. The van der Waals surface area contributed by atoms with Gasteiger partial charge in [-0.05, 0) is 42.0 Å². The van der Waals surface area contributed by atoms with Crippen molar-refractivity contribution in [1.82, 2.24) is 0 Å². The Bertz CT molecular complexity index is 1520. The molecule has 5 nitrogen and oxygen atoms in total. The molecule has 0 bridgehead atoms. The summed E-state index contributed by atoms with van der Waals surface area (Å²) < 4.78 is 0. The molecule has 0 fully saturated rings. The van der Waals surface area contributed by atoms with Crippen molar-refractivity contribution in [3.63, 3.8) is 0 Å². The number of ketones is 3. The fourth-order valence-electron chi connectivity index (χ4n) is 4.05. The Labute approximate surface area is 206 Å². The van der Waals surface area contributed by atoms with Crippen molar-refractivity contribution < 1.29 is 14.4 Å². The quantitative estimate of drug-likeness (QED) is 0.192. The Morgan fingerprint density at radius 1 is 0.743 bits per heavy atom. The number of hydrogen-bond acceptors (Lipinski definition) is 6. The second-order valence-corrected chi connectivity index (χ2v) is 9.18. The summed E-state index contributed by atoms with van der Waals surface area (Å²) in [5.41, 5.74) is 15.5. The first-order chi connectivity index (χ1) is 16.9. The smallest absolute Gasteiger partial charge is 0.196 e. The molecule has 170 valence electrons. The molecule has 5 rings (SSSR count). The van der Waals surface area contributed by atoms with Gasteiger partial charge in [0.05, 0.1) is 16.8 Å². The zero-order chi connectivity index (χ0) is 24.5. The molecule has 0 aliphatic heterocycles. The summed E-state index contributed by atoms with van der Waals surface area (Å²) >= 11 is 1.32. The predicted octanol–water partition coefficient (Wildman–Crippen LogP) is 5.67. The van der Waals surface area contributed by atoms with Crippen LogP contribution in [-0.4, -0.2) is 17.3 Å². The second kappa shape index (κ2) is 9.08. The lowest BCUT2D eigenvalue weighted by molar-refractivity contribution is 0.0980. The Kier molecular flexibility index (Phi) is 5.81. The minimum absolute atomic E-state index is 0.106. The van der Waals surface area contributed by atoms with Crippen molar-refractivity contribution in [3.8, 4) is 0 Å². The average molecular weight is 477 g/mol. The zero-order valence-electron chi connectivity index (χ0n) is 18.5. The first-order valence-corrected chi connectivity index (χ1v) is 11.7. The normalized spacial score (nSPS) is 12.5. The monoisotopic (exact) mass is 476 g/mol. The summed E-state index contributed by atoms with van der Waals surface area (Å²) in [5, 5.41) is 0. The topological polar surface area (TPSA) is 103 Å². The fourth-order valence-corrected chi connectivity index (χ4v) is 4.98. The van der Waals surface area contributed by atoms with Gasteiger partial charge in [-0.3, -0.25) is 14.4 Å². The van der Waals surface area contributed by atoms with Crippen molar-refractivity contribution in [3.05, 3.63) is 124 Å². The molecule has 1 aliphatic rings. The molecule has 35 heavy (non-hydrogen) atoms. The molecule has 1 aliphatic carbocycles. The van der Waals surface area contributed by atoms with Gasteiger partial charge in [0, 0.05) is 32.2 Å². The van der Waals surface area contributed by atoms with Crippen molar-refractivity contribution >= 4 is 46.6 Å². The number of nitrogen functional groups attached to an aromatic ring is 2. The molecule has 0 heterocycles. The highest BCUT2D eigenvalue weighted by Crippen LogP contribution is 2.41. The van der Waals surface area contributed by atoms with Gasteiger partial charge < -0.3 is 11.5 Å². The van der Waals surface area contributed by atoms with Gasteiger partial charge in [-0.1, -0.05) is 72.4 Å². The first-order valence-electron chi connectivity index (χ1n) is 10.9. The van der Waals surface area contributed by atoms with E-state index in [1.807, 2.05) is 42.5 Å². The van der Waals surface area contributed by atoms with Crippen LogP contribution in [0.25, 0.3) is 6.08 Å². The average Bonchev–Trinajstić information content (AvgIpc) is 2.89. The first kappa shape index (κ1) is 22.4. The summed E-state index contributed by atoms with van der Waals surface area (Å²) in [5.74, 6) is -0.721. The number of carbonyl (C=O) groups excluding carboxylic acids is 3. The second-order valence-electron chi connectivity index (χ2n) is 8.07. The third-order valence-electron chi connectivity index (χ3n) is 5.82. The molecule has 4 N–H and O–H groups in total. The third kappa shape index (κ3) is 4.16. The summed E-state index contributed by atoms with van der Waals surface area (Å²) in [6.07, 6.45) is 3.32. The molecule has 4 aromatic rings. The Morgan fingerprint density at radius 3 is 2.00 bits per heavy atom. The van der Waals surface area contributed by atoms with Crippen LogP contribution in [-0.2, 0) is 0 Å². The van der Waals surface area contributed by atoms with Gasteiger partial charge in [0.1, 0.15) is 0 Å². The minimum Gasteiger partial charge on any atom is -0.398 e. The van der Waals surface area contributed by atoms with Gasteiger partial charge in [-0.25, -0.2) is 0 Å². The van der Waals surface area contributed by atoms with Crippen LogP contribution in [0.5, 0.6) is 0 Å². The Balaban J connectivity index is 1.41. The van der Waals surface area contributed by atoms with E-state index in [0.717, 1.165) is 10.5 Å². The van der Waals surface area contributed by atoms with Crippen molar-refractivity contribution in [2.45, 2.75) is 9.79 Å². The van der Waals surface area contributed by atoms with Crippen molar-refractivity contribution in [2.75, 3.05) is 11.5 Å². The van der Waals surface area contributed by atoms with Gasteiger partial charge in [0.25, 0.3) is 0 Å². The van der Waals surface area contributed by atoms with E-state index in [4.69, 9.17) is 11.5 Å². The van der Waals surface area contributed by atoms with E-state index in [0.29, 0.717) is 21.6 Å². The van der Waals surface area contributed by atoms with Crippen LogP contribution < -0.4 is 11.5 Å². The van der Waals surface area contributed by atoms with E-state index in [1.165, 1.54) is 11.8 Å². The molecular weight excluding hydrogens is 456 g/mol. The fraction of sp³-hybridized carbons (Fsp3) is 0. The van der Waals surface area contributed by atoms with Crippen LogP contribution in [0.2, 0.25) is 0 Å². The Hall–Kier alpha value is -4.42. The molecule has 6 heteroatoms. The highest BCUT2D eigenvalue weighted by Gasteiger charge is 2.34. The third-order valence-corrected chi connectivity index (χ3v) is 6.89. The molecule has 0 spiro atoms. The maximum Gasteiger partial charge on any atom is 0.196 e. The summed E-state index contributed by atoms with van der Waals surface area (Å²) in [6.45, 7) is 0. The molecular formula is C29H20N2O3S. The van der Waals surface area contributed by atoms with Crippen LogP contribution in [0.4, 0.5) is 11.4 Å². The molecule has 0 saturated carbocycles. The standard InChI is InChI=1S/C29H20N2O3S/c30-22-16-24(27(31)26-25(22)28(33)20-8-4-5-9-21(20)29(26)34)35-19-13-11-18(12-14-19)23(32)15-10-17-6-2-1-3-7-17/h1-16H,30-31H2.